The maximum atomic E-state index is 14.4. The zero-order valence-electron chi connectivity index (χ0n) is 15.2. The van der Waals surface area contributed by atoms with Crippen LogP contribution in [0.1, 0.15) is 16.7 Å². The maximum absolute atomic E-state index is 14.4. The Morgan fingerprint density at radius 1 is 1.21 bits per heavy atom. The van der Waals surface area contributed by atoms with Crippen molar-refractivity contribution in [2.24, 2.45) is 0 Å². The van der Waals surface area contributed by atoms with Crippen LogP contribution >= 0.6 is 0 Å². The summed E-state index contributed by atoms with van der Waals surface area (Å²) in [6.45, 7) is 2.88. The predicted octanol–water partition coefficient (Wildman–Crippen LogP) is 3.18. The lowest BCUT2D eigenvalue weighted by molar-refractivity contribution is 0.356. The standard InChI is InChI=1S/C20H17FN6O/c1-12-4-6-22-8-14(12)17-10-24-19(20-25-11-26-27(17)20)23-9-15-13-5-7-28-18(13)3-2-16(15)21/h2-4,6,8,10-11H,5,7,9H2,1H3,(H,23,24). The van der Waals surface area contributed by atoms with Gasteiger partial charge in [0.25, 0.3) is 0 Å². The molecule has 5 rings (SSSR count). The van der Waals surface area contributed by atoms with Gasteiger partial charge in [0.1, 0.15) is 17.9 Å². The van der Waals surface area contributed by atoms with Crippen LogP contribution in [0.15, 0.2) is 43.1 Å². The Morgan fingerprint density at radius 3 is 3.04 bits per heavy atom. The van der Waals surface area contributed by atoms with Crippen molar-refractivity contribution in [3.63, 3.8) is 0 Å². The van der Waals surface area contributed by atoms with E-state index in [0.717, 1.165) is 28.1 Å². The first kappa shape index (κ1) is 16.6. The molecular weight excluding hydrogens is 359 g/mol. The number of hydrogen-bond donors (Lipinski definition) is 1. The van der Waals surface area contributed by atoms with Crippen LogP contribution in [0.4, 0.5) is 10.2 Å². The Balaban J connectivity index is 1.51. The quantitative estimate of drug-likeness (QED) is 0.589. The van der Waals surface area contributed by atoms with Gasteiger partial charge in [-0.05, 0) is 30.7 Å². The second kappa shape index (κ2) is 6.56. The van der Waals surface area contributed by atoms with E-state index in [0.29, 0.717) is 36.6 Å². The number of benzene rings is 1. The van der Waals surface area contributed by atoms with Crippen molar-refractivity contribution in [1.29, 1.82) is 0 Å². The van der Waals surface area contributed by atoms with E-state index in [4.69, 9.17) is 4.74 Å². The average Bonchev–Trinajstić information content (AvgIpc) is 3.37. The van der Waals surface area contributed by atoms with Gasteiger partial charge in [-0.1, -0.05) is 0 Å². The number of halogens is 1. The third-order valence-corrected chi connectivity index (χ3v) is 4.99. The molecule has 0 saturated heterocycles. The van der Waals surface area contributed by atoms with Crippen molar-refractivity contribution in [1.82, 2.24) is 24.6 Å². The monoisotopic (exact) mass is 376 g/mol. The second-order valence-corrected chi connectivity index (χ2v) is 6.63. The fourth-order valence-electron chi connectivity index (χ4n) is 3.54. The molecule has 0 atom stereocenters. The number of anilines is 1. The molecule has 0 bridgehead atoms. The summed E-state index contributed by atoms with van der Waals surface area (Å²) in [4.78, 5) is 13.0. The summed E-state index contributed by atoms with van der Waals surface area (Å²) in [5.41, 5.74) is 4.88. The molecule has 0 fully saturated rings. The smallest absolute Gasteiger partial charge is 0.198 e. The van der Waals surface area contributed by atoms with Gasteiger partial charge < -0.3 is 10.1 Å². The first-order valence-electron chi connectivity index (χ1n) is 8.99. The van der Waals surface area contributed by atoms with Gasteiger partial charge in [-0.15, -0.1) is 0 Å². The lowest BCUT2D eigenvalue weighted by Gasteiger charge is -2.12. The molecule has 0 aliphatic carbocycles. The Kier molecular flexibility index (Phi) is 3.89. The fraction of sp³-hybridized carbons (Fsp3) is 0.200. The average molecular weight is 376 g/mol. The van der Waals surface area contributed by atoms with Crippen LogP contribution in [-0.2, 0) is 13.0 Å². The molecule has 8 heteroatoms. The van der Waals surface area contributed by atoms with Crippen molar-refractivity contribution in [3.8, 4) is 17.0 Å². The first-order valence-corrected chi connectivity index (χ1v) is 8.99. The van der Waals surface area contributed by atoms with Gasteiger partial charge in [-0.25, -0.2) is 18.9 Å². The van der Waals surface area contributed by atoms with Crippen LogP contribution in [0.3, 0.4) is 0 Å². The Morgan fingerprint density at radius 2 is 2.14 bits per heavy atom. The van der Waals surface area contributed by atoms with Crippen molar-refractivity contribution in [2.45, 2.75) is 19.9 Å². The first-order chi connectivity index (χ1) is 13.7. The number of fused-ring (bicyclic) bond motifs is 2. The summed E-state index contributed by atoms with van der Waals surface area (Å²) in [5, 5.41) is 7.54. The molecule has 1 aliphatic heterocycles. The molecule has 4 heterocycles. The molecule has 1 aliphatic rings. The molecule has 7 nitrogen and oxygen atoms in total. The lowest BCUT2D eigenvalue weighted by atomic mass is 10.0. The van der Waals surface area contributed by atoms with Crippen LogP contribution in [0.5, 0.6) is 5.75 Å². The number of aromatic nitrogens is 5. The predicted molar refractivity (Wildman–Crippen MR) is 102 cm³/mol. The highest BCUT2D eigenvalue weighted by atomic mass is 19.1. The molecule has 140 valence electrons. The molecule has 1 N–H and O–H groups in total. The number of nitrogens with one attached hydrogen (secondary N) is 1. The summed E-state index contributed by atoms with van der Waals surface area (Å²) < 4.78 is 21.6. The zero-order valence-corrected chi connectivity index (χ0v) is 15.2. The molecule has 0 amide bonds. The maximum Gasteiger partial charge on any atom is 0.198 e. The van der Waals surface area contributed by atoms with Crippen LogP contribution < -0.4 is 10.1 Å². The van der Waals surface area contributed by atoms with E-state index in [9.17, 15) is 4.39 Å². The Labute approximate surface area is 160 Å². The number of ether oxygens (including phenoxy) is 1. The van der Waals surface area contributed by atoms with Gasteiger partial charge in [0.2, 0.25) is 0 Å². The normalized spacial score (nSPS) is 12.8. The highest BCUT2D eigenvalue weighted by Crippen LogP contribution is 2.31. The molecule has 0 radical (unpaired) electrons. The van der Waals surface area contributed by atoms with E-state index in [-0.39, 0.29) is 5.82 Å². The number of rotatable bonds is 4. The summed E-state index contributed by atoms with van der Waals surface area (Å²) >= 11 is 0. The topological polar surface area (TPSA) is 77.2 Å². The summed E-state index contributed by atoms with van der Waals surface area (Å²) in [7, 11) is 0. The van der Waals surface area contributed by atoms with Gasteiger partial charge in [0.05, 0.1) is 18.5 Å². The minimum absolute atomic E-state index is 0.253. The highest BCUT2D eigenvalue weighted by molar-refractivity contribution is 5.70. The van der Waals surface area contributed by atoms with Crippen molar-refractivity contribution in [2.75, 3.05) is 11.9 Å². The van der Waals surface area contributed by atoms with Gasteiger partial charge in [0, 0.05) is 42.0 Å². The van der Waals surface area contributed by atoms with Gasteiger partial charge >= 0.3 is 0 Å². The van der Waals surface area contributed by atoms with Crippen molar-refractivity contribution < 1.29 is 9.13 Å². The molecule has 0 saturated carbocycles. The van der Waals surface area contributed by atoms with Crippen LogP contribution in [0.2, 0.25) is 0 Å². The highest BCUT2D eigenvalue weighted by Gasteiger charge is 2.20. The number of nitrogens with zero attached hydrogens (tertiary/aromatic N) is 5. The lowest BCUT2D eigenvalue weighted by Crippen LogP contribution is -2.09. The number of pyridine rings is 1. The minimum Gasteiger partial charge on any atom is -0.493 e. The van der Waals surface area contributed by atoms with Crippen molar-refractivity contribution in [3.05, 3.63) is 65.6 Å². The third-order valence-electron chi connectivity index (χ3n) is 4.99. The Hall–Kier alpha value is -3.55. The van der Waals surface area contributed by atoms with E-state index in [1.807, 2.05) is 13.0 Å². The number of aryl methyl sites for hydroxylation is 1. The largest absolute Gasteiger partial charge is 0.493 e. The van der Waals surface area contributed by atoms with Crippen LogP contribution in [0, 0.1) is 12.7 Å². The third kappa shape index (κ3) is 2.65. The van der Waals surface area contributed by atoms with Gasteiger partial charge in [-0.3, -0.25) is 4.98 Å². The SMILES string of the molecule is Cc1ccncc1-c1cnc(NCc2c(F)ccc3c2CCO3)c2ncnn12. The van der Waals surface area contributed by atoms with Crippen LogP contribution in [-0.4, -0.2) is 31.2 Å². The summed E-state index contributed by atoms with van der Waals surface area (Å²) in [5.74, 6) is 1.04. The van der Waals surface area contributed by atoms with Gasteiger partial charge in [-0.2, -0.15) is 5.10 Å². The molecular formula is C20H17FN6O. The zero-order chi connectivity index (χ0) is 19.1. The van der Waals surface area contributed by atoms with E-state index >= 15 is 0 Å². The van der Waals surface area contributed by atoms with E-state index < -0.39 is 0 Å². The number of hydrogen-bond acceptors (Lipinski definition) is 6. The van der Waals surface area contributed by atoms with Gasteiger partial charge in [0.15, 0.2) is 11.5 Å². The summed E-state index contributed by atoms with van der Waals surface area (Å²) in [6.07, 6.45) is 7.44. The van der Waals surface area contributed by atoms with E-state index in [2.05, 4.69) is 25.4 Å². The molecule has 1 aromatic carbocycles. The molecule has 0 spiro atoms. The van der Waals surface area contributed by atoms with E-state index in [1.165, 1.54) is 12.4 Å². The molecule has 3 aromatic heterocycles. The van der Waals surface area contributed by atoms with E-state index in [1.54, 1.807) is 29.2 Å². The molecule has 0 unspecified atom stereocenters. The molecule has 28 heavy (non-hydrogen) atoms. The van der Waals surface area contributed by atoms with Crippen molar-refractivity contribution >= 4 is 11.5 Å². The Bertz CT molecular complexity index is 1190. The van der Waals surface area contributed by atoms with Crippen LogP contribution in [0.25, 0.3) is 16.9 Å². The molecule has 4 aromatic rings. The minimum atomic E-state index is -0.253. The summed E-state index contributed by atoms with van der Waals surface area (Å²) in [6, 6.07) is 5.06. The fourth-order valence-corrected chi connectivity index (χ4v) is 3.54. The second-order valence-electron chi connectivity index (χ2n) is 6.63.